The summed E-state index contributed by atoms with van der Waals surface area (Å²) < 4.78 is 40.6. The van der Waals surface area contributed by atoms with E-state index < -0.39 is 12.7 Å². The summed E-state index contributed by atoms with van der Waals surface area (Å²) >= 11 is 6.14. The topological polar surface area (TPSA) is 46.0 Å². The molecule has 4 rings (SSSR count). The molecule has 0 spiro atoms. The fourth-order valence-electron chi connectivity index (χ4n) is 4.08. The van der Waals surface area contributed by atoms with E-state index in [-0.39, 0.29) is 10.7 Å². The van der Waals surface area contributed by atoms with Gasteiger partial charge < -0.3 is 14.8 Å². The molecule has 0 amide bonds. The molecule has 1 fully saturated rings. The second-order valence-electron chi connectivity index (χ2n) is 7.73. The predicted octanol–water partition coefficient (Wildman–Crippen LogP) is 4.37. The number of benzene rings is 1. The second-order valence-corrected chi connectivity index (χ2v) is 8.08. The number of fused-ring (bicyclic) bond motifs is 3. The number of nitrogens with one attached hydrogen (secondary N) is 1. The maximum atomic E-state index is 13.2. The van der Waals surface area contributed by atoms with E-state index in [9.17, 15) is 13.2 Å². The molecule has 0 bridgehead atoms. The van der Waals surface area contributed by atoms with Gasteiger partial charge in [-0.1, -0.05) is 17.7 Å². The fraction of sp³-hybridized carbons (Fsp3) is 0.500. The predicted molar refractivity (Wildman–Crippen MR) is 108 cm³/mol. The number of halogens is 4. The minimum absolute atomic E-state index is 0.0256. The molecule has 0 radical (unpaired) electrons. The van der Waals surface area contributed by atoms with Crippen LogP contribution >= 0.6 is 11.6 Å². The Kier molecular flexibility index (Phi) is 5.68. The maximum absolute atomic E-state index is 13.2. The Morgan fingerprint density at radius 3 is 2.83 bits per heavy atom. The van der Waals surface area contributed by atoms with Crippen molar-refractivity contribution < 1.29 is 13.2 Å². The molecule has 0 aliphatic carbocycles. The number of nitrogens with zero attached hydrogens (tertiary/aromatic N) is 4. The lowest BCUT2D eigenvalue weighted by molar-refractivity contribution is -0.139. The Morgan fingerprint density at radius 2 is 2.03 bits per heavy atom. The zero-order valence-corrected chi connectivity index (χ0v) is 16.9. The minimum Gasteiger partial charge on any atom is -0.327 e. The lowest BCUT2D eigenvalue weighted by Crippen LogP contribution is -2.29. The molecule has 1 aromatic carbocycles. The number of hydrogen-bond acceptors (Lipinski definition) is 4. The molecule has 1 aliphatic rings. The Balaban J connectivity index is 1.65. The molecule has 0 saturated carbocycles. The Morgan fingerprint density at radius 1 is 1.21 bits per heavy atom. The van der Waals surface area contributed by atoms with E-state index >= 15 is 0 Å². The molecule has 3 heterocycles. The van der Waals surface area contributed by atoms with Crippen LogP contribution in [-0.2, 0) is 13.1 Å². The Labute approximate surface area is 171 Å². The molecule has 29 heavy (non-hydrogen) atoms. The quantitative estimate of drug-likeness (QED) is 0.630. The van der Waals surface area contributed by atoms with Crippen molar-refractivity contribution in [3.05, 3.63) is 35.2 Å². The number of rotatable bonds is 4. The highest BCUT2D eigenvalue weighted by atomic mass is 35.5. The fourth-order valence-corrected chi connectivity index (χ4v) is 4.32. The molecule has 9 heteroatoms. The van der Waals surface area contributed by atoms with Gasteiger partial charge in [0.25, 0.3) is 0 Å². The lowest BCUT2D eigenvalue weighted by atomic mass is 10.1. The average molecular weight is 426 g/mol. The normalized spacial score (nSPS) is 19.1. The van der Waals surface area contributed by atoms with Crippen LogP contribution in [0.2, 0.25) is 5.15 Å². The van der Waals surface area contributed by atoms with Gasteiger partial charge in [0.2, 0.25) is 0 Å². The molecule has 2 aromatic heterocycles. The van der Waals surface area contributed by atoms with Gasteiger partial charge in [-0.05, 0) is 57.1 Å². The van der Waals surface area contributed by atoms with Gasteiger partial charge in [-0.2, -0.15) is 13.2 Å². The van der Waals surface area contributed by atoms with Crippen molar-refractivity contribution in [3.63, 3.8) is 0 Å². The molecule has 1 unspecified atom stereocenters. The van der Waals surface area contributed by atoms with Gasteiger partial charge in [0.15, 0.2) is 5.15 Å². The third kappa shape index (κ3) is 4.49. The molecular weight excluding hydrogens is 403 g/mol. The van der Waals surface area contributed by atoms with Crippen LogP contribution in [0.4, 0.5) is 13.2 Å². The minimum atomic E-state index is -4.37. The van der Waals surface area contributed by atoms with Crippen molar-refractivity contribution in [3.8, 4) is 0 Å². The number of likely N-dealkylation sites (tertiary alicyclic amines) is 1. The third-order valence-electron chi connectivity index (χ3n) is 5.54. The van der Waals surface area contributed by atoms with Crippen LogP contribution in [0.3, 0.4) is 0 Å². The van der Waals surface area contributed by atoms with Gasteiger partial charge >= 0.3 is 6.18 Å². The number of alkyl halides is 3. The third-order valence-corrected chi connectivity index (χ3v) is 5.81. The van der Waals surface area contributed by atoms with Gasteiger partial charge in [-0.3, -0.25) is 0 Å². The molecule has 5 nitrogen and oxygen atoms in total. The monoisotopic (exact) mass is 425 g/mol. The van der Waals surface area contributed by atoms with Crippen LogP contribution in [0.5, 0.6) is 0 Å². The molecular formula is C20H23ClF3N5. The molecule has 1 atom stereocenters. The smallest absolute Gasteiger partial charge is 0.327 e. The van der Waals surface area contributed by atoms with Crippen molar-refractivity contribution in [1.82, 2.24) is 24.8 Å². The molecule has 1 N–H and O–H groups in total. The van der Waals surface area contributed by atoms with Crippen molar-refractivity contribution >= 4 is 33.5 Å². The highest BCUT2D eigenvalue weighted by molar-refractivity contribution is 6.34. The van der Waals surface area contributed by atoms with Crippen LogP contribution in [0.15, 0.2) is 24.5 Å². The summed E-state index contributed by atoms with van der Waals surface area (Å²) in [7, 11) is 2.14. The van der Waals surface area contributed by atoms with E-state index in [1.165, 1.54) is 6.33 Å². The summed E-state index contributed by atoms with van der Waals surface area (Å²) in [5.74, 6) is 0. The summed E-state index contributed by atoms with van der Waals surface area (Å²) in [5, 5.41) is 4.28. The first kappa shape index (κ1) is 20.4. The van der Waals surface area contributed by atoms with Gasteiger partial charge in [0.1, 0.15) is 23.9 Å². The number of aromatic nitrogens is 3. The SMILES string of the molecule is CN1CCCC(NCc2ccc3c(c2)c2ncnc(Cl)c2n3CC(F)(F)F)CC1. The van der Waals surface area contributed by atoms with Crippen molar-refractivity contribution in [2.24, 2.45) is 0 Å². The first-order chi connectivity index (χ1) is 13.8. The van der Waals surface area contributed by atoms with Crippen LogP contribution in [-0.4, -0.2) is 51.8 Å². The zero-order chi connectivity index (χ0) is 20.6. The van der Waals surface area contributed by atoms with Gasteiger partial charge in [0.05, 0.1) is 5.52 Å². The maximum Gasteiger partial charge on any atom is 0.406 e. The van der Waals surface area contributed by atoms with Crippen molar-refractivity contribution in [2.45, 2.75) is 44.6 Å². The molecule has 3 aromatic rings. The van der Waals surface area contributed by atoms with Gasteiger partial charge in [-0.15, -0.1) is 0 Å². The first-order valence-corrected chi connectivity index (χ1v) is 10.1. The zero-order valence-electron chi connectivity index (χ0n) is 16.1. The van der Waals surface area contributed by atoms with Crippen molar-refractivity contribution in [2.75, 3.05) is 20.1 Å². The number of hydrogen-bond donors (Lipinski definition) is 1. The Hall–Kier alpha value is -1.90. The van der Waals surface area contributed by atoms with E-state index in [4.69, 9.17) is 11.6 Å². The second kappa shape index (κ2) is 8.08. The highest BCUT2D eigenvalue weighted by Gasteiger charge is 2.30. The lowest BCUT2D eigenvalue weighted by Gasteiger charge is -2.17. The van der Waals surface area contributed by atoms with E-state index in [2.05, 4.69) is 27.2 Å². The van der Waals surface area contributed by atoms with Gasteiger partial charge in [-0.25, -0.2) is 9.97 Å². The van der Waals surface area contributed by atoms with E-state index in [1.54, 1.807) is 6.07 Å². The molecule has 1 aliphatic heterocycles. The summed E-state index contributed by atoms with van der Waals surface area (Å²) in [5.41, 5.74) is 2.14. The van der Waals surface area contributed by atoms with Crippen LogP contribution < -0.4 is 5.32 Å². The summed E-state index contributed by atoms with van der Waals surface area (Å²) in [4.78, 5) is 10.4. The molecule has 156 valence electrons. The Bertz CT molecular complexity index is 1020. The van der Waals surface area contributed by atoms with Crippen LogP contribution in [0.1, 0.15) is 24.8 Å². The largest absolute Gasteiger partial charge is 0.406 e. The van der Waals surface area contributed by atoms with Crippen LogP contribution in [0.25, 0.3) is 21.9 Å². The van der Waals surface area contributed by atoms with Crippen LogP contribution in [0, 0.1) is 0 Å². The van der Waals surface area contributed by atoms with Gasteiger partial charge in [0, 0.05) is 18.0 Å². The summed E-state index contributed by atoms with van der Waals surface area (Å²) in [6.45, 7) is 1.71. The van der Waals surface area contributed by atoms with Crippen molar-refractivity contribution in [1.29, 1.82) is 0 Å². The van der Waals surface area contributed by atoms with E-state index in [0.29, 0.717) is 29.0 Å². The average Bonchev–Trinajstić information content (AvgIpc) is 2.81. The summed E-state index contributed by atoms with van der Waals surface area (Å²) in [6.07, 6.45) is 0.292. The highest BCUT2D eigenvalue weighted by Crippen LogP contribution is 2.34. The summed E-state index contributed by atoms with van der Waals surface area (Å²) in [6, 6.07) is 5.94. The van der Waals surface area contributed by atoms with E-state index in [1.807, 2.05) is 12.1 Å². The first-order valence-electron chi connectivity index (χ1n) is 9.72. The van der Waals surface area contributed by atoms with E-state index in [0.717, 1.165) is 42.5 Å². The molecule has 1 saturated heterocycles. The standard InChI is InChI=1S/C20H23ClF3N5/c1-28-7-2-3-14(6-8-28)25-10-13-4-5-16-15(9-13)17-18(19(21)27-12-26-17)29(16)11-20(22,23)24/h4-5,9,12,14,25H,2-3,6-8,10-11H2,1H3.